The van der Waals surface area contributed by atoms with Gasteiger partial charge in [0.05, 0.1) is 6.61 Å². The lowest BCUT2D eigenvalue weighted by atomic mass is 10.1. The van der Waals surface area contributed by atoms with E-state index in [0.717, 1.165) is 11.4 Å². The summed E-state index contributed by atoms with van der Waals surface area (Å²) in [6.07, 6.45) is 0. The van der Waals surface area contributed by atoms with Crippen molar-refractivity contribution in [2.75, 3.05) is 13.2 Å². The molecule has 19 heavy (non-hydrogen) atoms. The Morgan fingerprint density at radius 3 is 2.42 bits per heavy atom. The van der Waals surface area contributed by atoms with Gasteiger partial charge in [-0.15, -0.1) is 11.8 Å². The SMILES string of the molecule is CCNC(C)c1ccc(SC(C)C(=O)OCC)cc1. The van der Waals surface area contributed by atoms with Gasteiger partial charge in [0.15, 0.2) is 0 Å². The van der Waals surface area contributed by atoms with Crippen LogP contribution in [0.2, 0.25) is 0 Å². The quantitative estimate of drug-likeness (QED) is 0.614. The van der Waals surface area contributed by atoms with E-state index < -0.39 is 0 Å². The van der Waals surface area contributed by atoms with E-state index >= 15 is 0 Å². The monoisotopic (exact) mass is 281 g/mol. The van der Waals surface area contributed by atoms with E-state index in [1.54, 1.807) is 0 Å². The maximum absolute atomic E-state index is 11.6. The molecule has 0 amide bonds. The molecule has 0 spiro atoms. The normalized spacial score (nSPS) is 13.9. The number of hydrogen-bond acceptors (Lipinski definition) is 4. The average molecular weight is 281 g/mol. The molecule has 4 heteroatoms. The fourth-order valence-corrected chi connectivity index (χ4v) is 2.64. The molecule has 1 N–H and O–H groups in total. The number of benzene rings is 1. The first-order valence-electron chi connectivity index (χ1n) is 6.75. The van der Waals surface area contributed by atoms with E-state index in [0.29, 0.717) is 12.6 Å². The van der Waals surface area contributed by atoms with Crippen molar-refractivity contribution < 1.29 is 9.53 Å². The van der Waals surface area contributed by atoms with Crippen LogP contribution in [-0.2, 0) is 9.53 Å². The molecular formula is C15H23NO2S. The number of esters is 1. The van der Waals surface area contributed by atoms with Crippen LogP contribution in [0, 0.1) is 0 Å². The molecule has 0 aliphatic heterocycles. The van der Waals surface area contributed by atoms with Crippen molar-refractivity contribution in [2.24, 2.45) is 0 Å². The van der Waals surface area contributed by atoms with Crippen molar-refractivity contribution in [1.82, 2.24) is 5.32 Å². The Morgan fingerprint density at radius 2 is 1.89 bits per heavy atom. The third-order valence-corrected chi connectivity index (χ3v) is 3.91. The lowest BCUT2D eigenvalue weighted by molar-refractivity contribution is -0.142. The highest BCUT2D eigenvalue weighted by molar-refractivity contribution is 8.00. The predicted molar refractivity (Wildman–Crippen MR) is 80.5 cm³/mol. The molecule has 1 aromatic rings. The largest absolute Gasteiger partial charge is 0.465 e. The van der Waals surface area contributed by atoms with Crippen LogP contribution in [0.3, 0.4) is 0 Å². The van der Waals surface area contributed by atoms with Gasteiger partial charge < -0.3 is 10.1 Å². The van der Waals surface area contributed by atoms with Gasteiger partial charge >= 0.3 is 5.97 Å². The molecule has 0 radical (unpaired) electrons. The first-order chi connectivity index (χ1) is 9.08. The van der Waals surface area contributed by atoms with Crippen molar-refractivity contribution >= 4 is 17.7 Å². The lowest BCUT2D eigenvalue weighted by Crippen LogP contribution is -2.17. The van der Waals surface area contributed by atoms with Gasteiger partial charge in [-0.25, -0.2) is 0 Å². The second-order valence-corrected chi connectivity index (χ2v) is 5.77. The van der Waals surface area contributed by atoms with Gasteiger partial charge in [0.2, 0.25) is 0 Å². The molecule has 0 fully saturated rings. The minimum atomic E-state index is -0.169. The minimum Gasteiger partial charge on any atom is -0.465 e. The van der Waals surface area contributed by atoms with Crippen LogP contribution in [0.1, 0.15) is 39.3 Å². The number of carbonyl (C=O) groups excluding carboxylic acids is 1. The molecular weight excluding hydrogens is 258 g/mol. The highest BCUT2D eigenvalue weighted by Gasteiger charge is 2.15. The summed E-state index contributed by atoms with van der Waals surface area (Å²) in [6, 6.07) is 8.68. The van der Waals surface area contributed by atoms with E-state index in [1.165, 1.54) is 17.3 Å². The van der Waals surface area contributed by atoms with Gasteiger partial charge in [0, 0.05) is 10.9 Å². The molecule has 2 unspecified atom stereocenters. The number of thioether (sulfide) groups is 1. The summed E-state index contributed by atoms with van der Waals surface area (Å²) >= 11 is 1.53. The van der Waals surface area contributed by atoms with Crippen molar-refractivity contribution in [3.05, 3.63) is 29.8 Å². The Kier molecular flexibility index (Phi) is 6.95. The summed E-state index contributed by atoms with van der Waals surface area (Å²) in [5.74, 6) is -0.155. The number of carbonyl (C=O) groups is 1. The molecule has 2 atom stereocenters. The van der Waals surface area contributed by atoms with Crippen molar-refractivity contribution in [1.29, 1.82) is 0 Å². The molecule has 0 bridgehead atoms. The van der Waals surface area contributed by atoms with E-state index in [1.807, 2.05) is 13.8 Å². The Hall–Kier alpha value is -1.00. The van der Waals surface area contributed by atoms with Gasteiger partial charge in [-0.1, -0.05) is 19.1 Å². The maximum Gasteiger partial charge on any atom is 0.319 e. The zero-order chi connectivity index (χ0) is 14.3. The van der Waals surface area contributed by atoms with Gasteiger partial charge in [-0.2, -0.15) is 0 Å². The smallest absolute Gasteiger partial charge is 0.319 e. The molecule has 0 aliphatic carbocycles. The third-order valence-electron chi connectivity index (χ3n) is 2.82. The molecule has 0 heterocycles. The van der Waals surface area contributed by atoms with Crippen LogP contribution in [0.4, 0.5) is 0 Å². The van der Waals surface area contributed by atoms with Crippen molar-refractivity contribution in [3.8, 4) is 0 Å². The number of rotatable bonds is 7. The zero-order valence-corrected chi connectivity index (χ0v) is 12.9. The molecule has 0 saturated carbocycles. The molecule has 0 saturated heterocycles. The third kappa shape index (κ3) is 5.25. The predicted octanol–water partition coefficient (Wildman–Crippen LogP) is 3.40. The van der Waals surface area contributed by atoms with Gasteiger partial charge in [-0.3, -0.25) is 4.79 Å². The summed E-state index contributed by atoms with van der Waals surface area (Å²) < 4.78 is 5.00. The molecule has 1 rings (SSSR count). The summed E-state index contributed by atoms with van der Waals surface area (Å²) in [7, 11) is 0. The van der Waals surface area contributed by atoms with Crippen LogP contribution >= 0.6 is 11.8 Å². The number of hydrogen-bond donors (Lipinski definition) is 1. The maximum atomic E-state index is 11.6. The Labute approximate surface area is 120 Å². The second kappa shape index (κ2) is 8.23. The molecule has 1 aromatic carbocycles. The summed E-state index contributed by atoms with van der Waals surface area (Å²) in [5.41, 5.74) is 1.26. The lowest BCUT2D eigenvalue weighted by Gasteiger charge is -2.14. The Balaban J connectivity index is 2.59. The topological polar surface area (TPSA) is 38.3 Å². The minimum absolute atomic E-state index is 0.155. The summed E-state index contributed by atoms with van der Waals surface area (Å²) in [4.78, 5) is 12.6. The van der Waals surface area contributed by atoms with Crippen LogP contribution in [0.5, 0.6) is 0 Å². The molecule has 0 aromatic heterocycles. The molecule has 0 aliphatic rings. The summed E-state index contributed by atoms with van der Waals surface area (Å²) in [6.45, 7) is 9.33. The van der Waals surface area contributed by atoms with E-state index in [4.69, 9.17) is 4.74 Å². The number of nitrogens with one attached hydrogen (secondary N) is 1. The van der Waals surface area contributed by atoms with E-state index in [-0.39, 0.29) is 11.2 Å². The fraction of sp³-hybridized carbons (Fsp3) is 0.533. The fourth-order valence-electron chi connectivity index (χ4n) is 1.77. The van der Waals surface area contributed by atoms with Crippen molar-refractivity contribution in [2.45, 2.75) is 43.9 Å². The summed E-state index contributed by atoms with van der Waals surface area (Å²) in [5, 5.41) is 3.21. The van der Waals surface area contributed by atoms with Crippen molar-refractivity contribution in [3.63, 3.8) is 0 Å². The van der Waals surface area contributed by atoms with Crippen LogP contribution < -0.4 is 5.32 Å². The Bertz CT molecular complexity index is 392. The molecule has 3 nitrogen and oxygen atoms in total. The van der Waals surface area contributed by atoms with Gasteiger partial charge in [0.1, 0.15) is 5.25 Å². The first-order valence-corrected chi connectivity index (χ1v) is 7.63. The highest BCUT2D eigenvalue weighted by atomic mass is 32.2. The van der Waals surface area contributed by atoms with E-state index in [9.17, 15) is 4.79 Å². The highest BCUT2D eigenvalue weighted by Crippen LogP contribution is 2.25. The second-order valence-electron chi connectivity index (χ2n) is 4.36. The van der Waals surface area contributed by atoms with Gasteiger partial charge in [-0.05, 0) is 45.0 Å². The van der Waals surface area contributed by atoms with Crippen LogP contribution in [-0.4, -0.2) is 24.4 Å². The number of ether oxygens (including phenoxy) is 1. The van der Waals surface area contributed by atoms with Crippen LogP contribution in [0.15, 0.2) is 29.2 Å². The van der Waals surface area contributed by atoms with Gasteiger partial charge in [0.25, 0.3) is 0 Å². The van der Waals surface area contributed by atoms with E-state index in [2.05, 4.69) is 43.4 Å². The first kappa shape index (κ1) is 16.1. The van der Waals surface area contributed by atoms with Crippen LogP contribution in [0.25, 0.3) is 0 Å². The Morgan fingerprint density at radius 1 is 1.26 bits per heavy atom. The average Bonchev–Trinajstić information content (AvgIpc) is 2.40. The molecule has 106 valence electrons. The standard InChI is InChI=1S/C15H23NO2S/c1-5-16-11(3)13-7-9-14(10-8-13)19-12(4)15(17)18-6-2/h7-12,16H,5-6H2,1-4H3. The zero-order valence-electron chi connectivity index (χ0n) is 12.1.